The van der Waals surface area contributed by atoms with Gasteiger partial charge in [-0.1, -0.05) is 31.2 Å². The van der Waals surface area contributed by atoms with Crippen LogP contribution < -0.4 is 0 Å². The first-order valence-electron chi connectivity index (χ1n) is 4.71. The van der Waals surface area contributed by atoms with Crippen molar-refractivity contribution in [2.24, 2.45) is 5.92 Å². The Labute approximate surface area is 77.2 Å². The third-order valence-electron chi connectivity index (χ3n) is 3.16. The molecule has 2 aliphatic rings. The molecule has 13 heavy (non-hydrogen) atoms. The standard InChI is InChI=1S/C11H12O2/c1-6-9(12)7-4-2-3-5-8(7)11-10(6)13-11/h2-6,9-12H,1H3/t6-,9-,10-,11+/m1/s1. The van der Waals surface area contributed by atoms with E-state index in [-0.39, 0.29) is 24.2 Å². The molecule has 1 aliphatic carbocycles. The van der Waals surface area contributed by atoms with Gasteiger partial charge in [0.05, 0.1) is 12.2 Å². The summed E-state index contributed by atoms with van der Waals surface area (Å²) in [5.41, 5.74) is 2.23. The van der Waals surface area contributed by atoms with Crippen molar-refractivity contribution in [1.29, 1.82) is 0 Å². The number of rotatable bonds is 0. The topological polar surface area (TPSA) is 32.8 Å². The molecule has 1 saturated heterocycles. The first kappa shape index (κ1) is 7.54. The van der Waals surface area contributed by atoms with Crippen LogP contribution in [0.25, 0.3) is 0 Å². The molecule has 0 bridgehead atoms. The van der Waals surface area contributed by atoms with E-state index in [2.05, 4.69) is 6.07 Å². The molecule has 2 heteroatoms. The molecule has 2 nitrogen and oxygen atoms in total. The van der Waals surface area contributed by atoms with Crippen molar-refractivity contribution in [3.8, 4) is 0 Å². The number of hydrogen-bond donors (Lipinski definition) is 1. The lowest BCUT2D eigenvalue weighted by Crippen LogP contribution is -2.20. The highest BCUT2D eigenvalue weighted by molar-refractivity contribution is 5.38. The summed E-state index contributed by atoms with van der Waals surface area (Å²) in [4.78, 5) is 0. The van der Waals surface area contributed by atoms with Crippen molar-refractivity contribution in [3.63, 3.8) is 0 Å². The highest BCUT2D eigenvalue weighted by atomic mass is 16.6. The largest absolute Gasteiger partial charge is 0.388 e. The molecule has 0 radical (unpaired) electrons. The zero-order valence-corrected chi connectivity index (χ0v) is 7.47. The monoisotopic (exact) mass is 176 g/mol. The number of aliphatic hydroxyl groups is 1. The Hall–Kier alpha value is -0.860. The lowest BCUT2D eigenvalue weighted by Gasteiger charge is -2.23. The number of ether oxygens (including phenoxy) is 1. The van der Waals surface area contributed by atoms with Crippen molar-refractivity contribution >= 4 is 0 Å². The molecular weight excluding hydrogens is 164 g/mol. The summed E-state index contributed by atoms with van der Waals surface area (Å²) in [6.07, 6.45) is 0.166. The Morgan fingerprint density at radius 2 is 1.92 bits per heavy atom. The van der Waals surface area contributed by atoms with Gasteiger partial charge in [-0.15, -0.1) is 0 Å². The predicted octanol–water partition coefficient (Wildman–Crippen LogP) is 1.81. The molecule has 1 fully saturated rings. The Balaban J connectivity index is 2.14. The average molecular weight is 176 g/mol. The molecule has 0 unspecified atom stereocenters. The van der Waals surface area contributed by atoms with Crippen molar-refractivity contribution in [2.45, 2.75) is 25.2 Å². The van der Waals surface area contributed by atoms with Gasteiger partial charge in [0.15, 0.2) is 0 Å². The Morgan fingerprint density at radius 3 is 2.69 bits per heavy atom. The summed E-state index contributed by atoms with van der Waals surface area (Å²) in [5, 5.41) is 9.95. The number of aliphatic hydroxyl groups excluding tert-OH is 1. The Morgan fingerprint density at radius 1 is 1.23 bits per heavy atom. The van der Waals surface area contributed by atoms with E-state index in [9.17, 15) is 5.11 Å². The smallest absolute Gasteiger partial charge is 0.110 e. The summed E-state index contributed by atoms with van der Waals surface area (Å²) in [7, 11) is 0. The molecule has 68 valence electrons. The third kappa shape index (κ3) is 0.901. The van der Waals surface area contributed by atoms with Crippen molar-refractivity contribution in [1.82, 2.24) is 0 Å². The van der Waals surface area contributed by atoms with Crippen LogP contribution in [0.4, 0.5) is 0 Å². The van der Waals surface area contributed by atoms with Crippen LogP contribution in [0.3, 0.4) is 0 Å². The maximum Gasteiger partial charge on any atom is 0.110 e. The molecule has 0 saturated carbocycles. The van der Waals surface area contributed by atoms with Crippen LogP contribution >= 0.6 is 0 Å². The van der Waals surface area contributed by atoms with Crippen LogP contribution in [-0.4, -0.2) is 11.2 Å². The Kier molecular flexibility index (Phi) is 1.35. The van der Waals surface area contributed by atoms with Gasteiger partial charge in [0, 0.05) is 5.92 Å². The molecular formula is C11H12O2. The van der Waals surface area contributed by atoms with Gasteiger partial charge in [-0.25, -0.2) is 0 Å². The second kappa shape index (κ2) is 2.34. The molecule has 1 N–H and O–H groups in total. The van der Waals surface area contributed by atoms with Gasteiger partial charge < -0.3 is 9.84 Å². The normalized spacial score (nSPS) is 40.8. The molecule has 1 heterocycles. The molecule has 0 amide bonds. The highest BCUT2D eigenvalue weighted by Gasteiger charge is 2.51. The number of epoxide rings is 1. The molecule has 1 aromatic carbocycles. The first-order chi connectivity index (χ1) is 6.29. The molecule has 0 aromatic heterocycles. The zero-order valence-electron chi connectivity index (χ0n) is 7.47. The van der Waals surface area contributed by atoms with E-state index in [0.717, 1.165) is 5.56 Å². The maximum atomic E-state index is 9.95. The lowest BCUT2D eigenvalue weighted by atomic mass is 9.83. The second-order valence-corrected chi connectivity index (χ2v) is 3.95. The summed E-state index contributed by atoms with van der Waals surface area (Å²) in [6.45, 7) is 2.05. The van der Waals surface area contributed by atoms with Gasteiger partial charge in [-0.3, -0.25) is 0 Å². The molecule has 3 rings (SSSR count). The minimum absolute atomic E-state index is 0.236. The van der Waals surface area contributed by atoms with E-state index in [4.69, 9.17) is 4.74 Å². The zero-order chi connectivity index (χ0) is 9.00. The van der Waals surface area contributed by atoms with Crippen molar-refractivity contribution in [3.05, 3.63) is 35.4 Å². The van der Waals surface area contributed by atoms with Crippen LogP contribution in [0.5, 0.6) is 0 Å². The second-order valence-electron chi connectivity index (χ2n) is 3.95. The van der Waals surface area contributed by atoms with Gasteiger partial charge in [0.2, 0.25) is 0 Å². The molecule has 1 aliphatic heterocycles. The first-order valence-corrected chi connectivity index (χ1v) is 4.71. The SMILES string of the molecule is C[C@H]1[C@H]2O[C@H]2c2ccccc2[C@@H]1O. The molecule has 1 aromatic rings. The van der Waals surface area contributed by atoms with Crippen LogP contribution in [-0.2, 0) is 4.74 Å². The minimum Gasteiger partial charge on any atom is -0.388 e. The molecule has 0 spiro atoms. The fourth-order valence-corrected chi connectivity index (χ4v) is 2.28. The van der Waals surface area contributed by atoms with E-state index in [0.29, 0.717) is 0 Å². The minimum atomic E-state index is -0.347. The number of fused-ring (bicyclic) bond motifs is 3. The van der Waals surface area contributed by atoms with Crippen LogP contribution in [0.1, 0.15) is 30.3 Å². The van der Waals surface area contributed by atoms with Gasteiger partial charge in [0.1, 0.15) is 6.10 Å². The van der Waals surface area contributed by atoms with E-state index < -0.39 is 0 Å². The number of hydrogen-bond acceptors (Lipinski definition) is 2. The highest BCUT2D eigenvalue weighted by Crippen LogP contribution is 2.53. The summed E-state index contributed by atoms with van der Waals surface area (Å²) >= 11 is 0. The predicted molar refractivity (Wildman–Crippen MR) is 48.2 cm³/mol. The summed E-state index contributed by atoms with van der Waals surface area (Å²) < 4.78 is 5.53. The quantitative estimate of drug-likeness (QED) is 0.611. The fraction of sp³-hybridized carbons (Fsp3) is 0.455. The van der Waals surface area contributed by atoms with Gasteiger partial charge in [0.25, 0.3) is 0 Å². The van der Waals surface area contributed by atoms with Crippen LogP contribution in [0.2, 0.25) is 0 Å². The van der Waals surface area contributed by atoms with E-state index in [1.807, 2.05) is 25.1 Å². The van der Waals surface area contributed by atoms with Crippen LogP contribution in [0.15, 0.2) is 24.3 Å². The Bertz CT molecular complexity index is 348. The van der Waals surface area contributed by atoms with Crippen molar-refractivity contribution < 1.29 is 9.84 Å². The average Bonchev–Trinajstić information content (AvgIpc) is 2.94. The lowest BCUT2D eigenvalue weighted by molar-refractivity contribution is 0.0981. The van der Waals surface area contributed by atoms with Gasteiger partial charge in [-0.2, -0.15) is 0 Å². The van der Waals surface area contributed by atoms with Gasteiger partial charge in [-0.05, 0) is 11.1 Å². The van der Waals surface area contributed by atoms with E-state index in [1.165, 1.54) is 5.56 Å². The van der Waals surface area contributed by atoms with Crippen molar-refractivity contribution in [2.75, 3.05) is 0 Å². The summed E-state index contributed by atoms with van der Waals surface area (Å²) in [5.74, 6) is 0.236. The van der Waals surface area contributed by atoms with E-state index in [1.54, 1.807) is 0 Å². The fourth-order valence-electron chi connectivity index (χ4n) is 2.28. The van der Waals surface area contributed by atoms with E-state index >= 15 is 0 Å². The third-order valence-corrected chi connectivity index (χ3v) is 3.16. The van der Waals surface area contributed by atoms with Crippen LogP contribution in [0, 0.1) is 5.92 Å². The molecule has 4 atom stereocenters. The van der Waals surface area contributed by atoms with Gasteiger partial charge >= 0.3 is 0 Å². The summed E-state index contributed by atoms with van der Waals surface area (Å²) in [6, 6.07) is 8.02. The maximum absolute atomic E-state index is 9.95. The number of benzene rings is 1.